The minimum atomic E-state index is 0.270. The van der Waals surface area contributed by atoms with Crippen LogP contribution in [0.25, 0.3) is 10.9 Å². The molecule has 162 valence electrons. The first kappa shape index (κ1) is 21.0. The highest BCUT2D eigenvalue weighted by molar-refractivity contribution is 5.83. The molecule has 0 saturated heterocycles. The Balaban J connectivity index is 1.42. The highest BCUT2D eigenvalue weighted by atomic mass is 16.5. The van der Waals surface area contributed by atoms with E-state index >= 15 is 0 Å². The molecule has 1 heterocycles. The quantitative estimate of drug-likeness (QED) is 0.439. The van der Waals surface area contributed by atoms with E-state index < -0.39 is 0 Å². The van der Waals surface area contributed by atoms with E-state index in [4.69, 9.17) is 9.47 Å². The van der Waals surface area contributed by atoms with Crippen molar-refractivity contribution in [2.24, 2.45) is 4.99 Å². The average molecular weight is 419 g/mol. The molecule has 0 aliphatic heterocycles. The summed E-state index contributed by atoms with van der Waals surface area (Å²) in [5.41, 5.74) is 3.20. The molecular formula is C25H30N4O2. The third-order valence-electron chi connectivity index (χ3n) is 5.70. The summed E-state index contributed by atoms with van der Waals surface area (Å²) in [6.07, 6.45) is 6.76. The van der Waals surface area contributed by atoms with Gasteiger partial charge in [-0.2, -0.15) is 0 Å². The standard InChI is InChI=1S/C25H30N4O2/c1-26-25(28-16-19-9-5-8-18-11-7-15-27-23(18)19)29-17-20-10-6-14-22(30-2)24(20)31-21-12-3-4-13-21/h5-11,14-15,21H,3-4,12-13,16-17H2,1-2H3,(H2,26,28,29). The number of aliphatic imine (C=N–C) groups is 1. The first-order valence-corrected chi connectivity index (χ1v) is 10.9. The fraction of sp³-hybridized carbons (Fsp3) is 0.360. The Hall–Kier alpha value is -3.28. The molecular weight excluding hydrogens is 388 g/mol. The number of methoxy groups -OCH3 is 1. The van der Waals surface area contributed by atoms with Gasteiger partial charge in [0.1, 0.15) is 0 Å². The Morgan fingerprint density at radius 1 is 1.00 bits per heavy atom. The highest BCUT2D eigenvalue weighted by Gasteiger charge is 2.20. The lowest BCUT2D eigenvalue weighted by Crippen LogP contribution is -2.36. The van der Waals surface area contributed by atoms with E-state index in [2.05, 4.69) is 50.9 Å². The molecule has 2 N–H and O–H groups in total. The van der Waals surface area contributed by atoms with Crippen LogP contribution in [0.2, 0.25) is 0 Å². The maximum atomic E-state index is 6.34. The van der Waals surface area contributed by atoms with E-state index in [9.17, 15) is 0 Å². The van der Waals surface area contributed by atoms with E-state index in [1.54, 1.807) is 14.2 Å². The van der Waals surface area contributed by atoms with Gasteiger partial charge in [-0.25, -0.2) is 0 Å². The summed E-state index contributed by atoms with van der Waals surface area (Å²) >= 11 is 0. The predicted molar refractivity (Wildman–Crippen MR) is 125 cm³/mol. The van der Waals surface area contributed by atoms with Crippen molar-refractivity contribution in [1.82, 2.24) is 15.6 Å². The van der Waals surface area contributed by atoms with Crippen LogP contribution in [0, 0.1) is 0 Å². The average Bonchev–Trinajstić information content (AvgIpc) is 3.33. The van der Waals surface area contributed by atoms with E-state index in [1.807, 2.05) is 24.4 Å². The zero-order valence-corrected chi connectivity index (χ0v) is 18.2. The van der Waals surface area contributed by atoms with Gasteiger partial charge < -0.3 is 20.1 Å². The first-order chi connectivity index (χ1) is 15.3. The van der Waals surface area contributed by atoms with Gasteiger partial charge in [-0.1, -0.05) is 36.4 Å². The number of rotatable bonds is 7. The van der Waals surface area contributed by atoms with Gasteiger partial charge >= 0.3 is 0 Å². The van der Waals surface area contributed by atoms with Crippen molar-refractivity contribution in [3.8, 4) is 11.5 Å². The lowest BCUT2D eigenvalue weighted by Gasteiger charge is -2.20. The second-order valence-electron chi connectivity index (χ2n) is 7.74. The molecule has 0 bridgehead atoms. The maximum Gasteiger partial charge on any atom is 0.191 e. The minimum Gasteiger partial charge on any atom is -0.493 e. The number of aromatic nitrogens is 1. The van der Waals surface area contributed by atoms with E-state index in [-0.39, 0.29) is 6.10 Å². The number of benzene rings is 2. The predicted octanol–water partition coefficient (Wildman–Crippen LogP) is 4.43. The number of nitrogens with zero attached hydrogens (tertiary/aromatic N) is 2. The fourth-order valence-corrected chi connectivity index (χ4v) is 4.06. The molecule has 2 aromatic carbocycles. The van der Waals surface area contributed by atoms with E-state index in [0.717, 1.165) is 52.3 Å². The molecule has 6 nitrogen and oxygen atoms in total. The minimum absolute atomic E-state index is 0.270. The number of hydrogen-bond donors (Lipinski definition) is 2. The van der Waals surface area contributed by atoms with E-state index in [1.165, 1.54) is 12.8 Å². The van der Waals surface area contributed by atoms with Crippen molar-refractivity contribution in [1.29, 1.82) is 0 Å². The van der Waals surface area contributed by atoms with Gasteiger partial charge in [0.25, 0.3) is 0 Å². The van der Waals surface area contributed by atoms with Crippen LogP contribution in [0.3, 0.4) is 0 Å². The van der Waals surface area contributed by atoms with Gasteiger partial charge in [0.15, 0.2) is 17.5 Å². The Kier molecular flexibility index (Phi) is 6.87. The highest BCUT2D eigenvalue weighted by Crippen LogP contribution is 2.34. The number of guanidine groups is 1. The second kappa shape index (κ2) is 10.2. The molecule has 31 heavy (non-hydrogen) atoms. The monoisotopic (exact) mass is 418 g/mol. The van der Waals surface area contributed by atoms with Crippen molar-refractivity contribution in [3.63, 3.8) is 0 Å². The fourth-order valence-electron chi connectivity index (χ4n) is 4.06. The third-order valence-corrected chi connectivity index (χ3v) is 5.70. The van der Waals surface area contributed by atoms with Crippen molar-refractivity contribution in [2.45, 2.75) is 44.9 Å². The van der Waals surface area contributed by atoms with Crippen molar-refractivity contribution < 1.29 is 9.47 Å². The van der Waals surface area contributed by atoms with Crippen molar-refractivity contribution in [3.05, 3.63) is 65.9 Å². The molecule has 0 unspecified atom stereocenters. The first-order valence-electron chi connectivity index (χ1n) is 10.9. The Morgan fingerprint density at radius 3 is 2.48 bits per heavy atom. The molecule has 1 aliphatic carbocycles. The summed E-state index contributed by atoms with van der Waals surface area (Å²) in [5.74, 6) is 2.33. The normalized spacial score (nSPS) is 14.6. The van der Waals surface area contributed by atoms with E-state index in [0.29, 0.717) is 13.1 Å². The van der Waals surface area contributed by atoms with Gasteiger partial charge in [-0.15, -0.1) is 0 Å². The van der Waals surface area contributed by atoms with Crippen LogP contribution in [0.1, 0.15) is 36.8 Å². The summed E-state index contributed by atoms with van der Waals surface area (Å²) in [4.78, 5) is 8.90. The van der Waals surface area contributed by atoms with Crippen molar-refractivity contribution in [2.75, 3.05) is 14.2 Å². The number of para-hydroxylation sites is 2. The molecule has 0 spiro atoms. The van der Waals surface area contributed by atoms with Crippen LogP contribution in [0.4, 0.5) is 0 Å². The maximum absolute atomic E-state index is 6.34. The lowest BCUT2D eigenvalue weighted by atomic mass is 10.1. The molecule has 1 fully saturated rings. The van der Waals surface area contributed by atoms with Crippen LogP contribution < -0.4 is 20.1 Å². The molecule has 3 aromatic rings. The molecule has 0 radical (unpaired) electrons. The summed E-state index contributed by atoms with van der Waals surface area (Å²) in [6.45, 7) is 1.23. The SMILES string of the molecule is CN=C(NCc1cccc(OC)c1OC1CCCC1)NCc1cccc2cccnc12. The zero-order valence-electron chi connectivity index (χ0n) is 18.2. The second-order valence-corrected chi connectivity index (χ2v) is 7.74. The third kappa shape index (κ3) is 5.08. The topological polar surface area (TPSA) is 67.8 Å². The Bertz CT molecular complexity index is 1040. The smallest absolute Gasteiger partial charge is 0.191 e. The van der Waals surface area contributed by atoms with Crippen LogP contribution in [-0.2, 0) is 13.1 Å². The van der Waals surface area contributed by atoms with Gasteiger partial charge in [-0.05, 0) is 43.4 Å². The molecule has 1 aliphatic rings. The van der Waals surface area contributed by atoms with Crippen LogP contribution >= 0.6 is 0 Å². The molecule has 6 heteroatoms. The number of fused-ring (bicyclic) bond motifs is 1. The summed E-state index contributed by atoms with van der Waals surface area (Å²) in [5, 5.41) is 7.93. The van der Waals surface area contributed by atoms with Crippen LogP contribution in [-0.4, -0.2) is 31.2 Å². The lowest BCUT2D eigenvalue weighted by molar-refractivity contribution is 0.198. The van der Waals surface area contributed by atoms with Gasteiger partial charge in [-0.3, -0.25) is 9.98 Å². The van der Waals surface area contributed by atoms with Gasteiger partial charge in [0.05, 0.1) is 18.7 Å². The number of nitrogens with one attached hydrogen (secondary N) is 2. The number of ether oxygens (including phenoxy) is 2. The largest absolute Gasteiger partial charge is 0.493 e. The van der Waals surface area contributed by atoms with Crippen LogP contribution in [0.5, 0.6) is 11.5 Å². The summed E-state index contributed by atoms with van der Waals surface area (Å²) < 4.78 is 11.9. The van der Waals surface area contributed by atoms with Crippen LogP contribution in [0.15, 0.2) is 59.7 Å². The molecule has 1 saturated carbocycles. The molecule has 4 rings (SSSR count). The van der Waals surface area contributed by atoms with Gasteiger partial charge in [0, 0.05) is 37.3 Å². The molecule has 1 aromatic heterocycles. The Morgan fingerprint density at radius 2 is 1.71 bits per heavy atom. The van der Waals surface area contributed by atoms with Gasteiger partial charge in [0.2, 0.25) is 0 Å². The number of hydrogen-bond acceptors (Lipinski definition) is 4. The molecule has 0 atom stereocenters. The molecule has 0 amide bonds. The summed E-state index contributed by atoms with van der Waals surface area (Å²) in [6, 6.07) is 16.3. The van der Waals surface area contributed by atoms with Crippen molar-refractivity contribution >= 4 is 16.9 Å². The number of pyridine rings is 1. The Labute approximate surface area is 183 Å². The zero-order chi connectivity index (χ0) is 21.5. The summed E-state index contributed by atoms with van der Waals surface area (Å²) in [7, 11) is 3.46.